The van der Waals surface area contributed by atoms with Crippen LogP contribution in [0.1, 0.15) is 29.5 Å². The van der Waals surface area contributed by atoms with Crippen molar-refractivity contribution in [2.45, 2.75) is 37.3 Å². The molecule has 3 atom stereocenters. The van der Waals surface area contributed by atoms with Gasteiger partial charge in [0.1, 0.15) is 5.75 Å². The smallest absolute Gasteiger partial charge is 0.223 e. The molecule has 27 heavy (non-hydrogen) atoms. The minimum absolute atomic E-state index is 0.117. The number of amides is 1. The van der Waals surface area contributed by atoms with E-state index in [-0.39, 0.29) is 11.3 Å². The average molecular weight is 362 g/mol. The Labute approximate surface area is 160 Å². The van der Waals surface area contributed by atoms with Gasteiger partial charge in [-0.15, -0.1) is 0 Å². The fourth-order valence-electron chi connectivity index (χ4n) is 5.75. The summed E-state index contributed by atoms with van der Waals surface area (Å²) in [5.74, 6) is 0.986. The van der Waals surface area contributed by atoms with Crippen LogP contribution < -0.4 is 0 Å². The van der Waals surface area contributed by atoms with Gasteiger partial charge in [-0.25, -0.2) is 0 Å². The molecule has 2 fully saturated rings. The van der Waals surface area contributed by atoms with Crippen LogP contribution in [0.2, 0.25) is 0 Å². The maximum Gasteiger partial charge on any atom is 0.223 e. The molecule has 0 unspecified atom stereocenters. The van der Waals surface area contributed by atoms with E-state index in [9.17, 15) is 9.90 Å². The molecule has 4 heteroatoms. The van der Waals surface area contributed by atoms with E-state index in [0.717, 1.165) is 25.9 Å². The highest BCUT2D eigenvalue weighted by molar-refractivity contribution is 5.80. The number of rotatable bonds is 2. The van der Waals surface area contributed by atoms with Crippen LogP contribution in [-0.2, 0) is 23.2 Å². The first-order valence-electron chi connectivity index (χ1n) is 9.91. The van der Waals surface area contributed by atoms with Crippen molar-refractivity contribution in [1.82, 2.24) is 9.80 Å². The second-order valence-corrected chi connectivity index (χ2v) is 8.54. The van der Waals surface area contributed by atoms with Gasteiger partial charge in [0.25, 0.3) is 0 Å². The van der Waals surface area contributed by atoms with Gasteiger partial charge in [0.2, 0.25) is 5.91 Å². The fourth-order valence-corrected chi connectivity index (χ4v) is 5.75. The largest absolute Gasteiger partial charge is 0.508 e. The summed E-state index contributed by atoms with van der Waals surface area (Å²) in [5, 5.41) is 10.1. The van der Waals surface area contributed by atoms with Crippen molar-refractivity contribution in [2.75, 3.05) is 20.1 Å². The predicted octanol–water partition coefficient (Wildman–Crippen LogP) is 2.94. The number of hydrogen-bond acceptors (Lipinski definition) is 3. The van der Waals surface area contributed by atoms with E-state index in [0.29, 0.717) is 30.7 Å². The van der Waals surface area contributed by atoms with Gasteiger partial charge in [0, 0.05) is 36.9 Å². The summed E-state index contributed by atoms with van der Waals surface area (Å²) in [6.07, 6.45) is 2.56. The first-order valence-corrected chi connectivity index (χ1v) is 9.91. The number of likely N-dealkylation sites (tertiary alicyclic amines) is 2. The van der Waals surface area contributed by atoms with Gasteiger partial charge in [0.15, 0.2) is 0 Å². The number of benzene rings is 2. The van der Waals surface area contributed by atoms with Gasteiger partial charge in [-0.05, 0) is 55.3 Å². The zero-order valence-electron chi connectivity index (χ0n) is 15.8. The second kappa shape index (κ2) is 6.10. The van der Waals surface area contributed by atoms with Crippen molar-refractivity contribution in [3.8, 4) is 5.75 Å². The lowest BCUT2D eigenvalue weighted by Gasteiger charge is -2.59. The molecule has 2 aromatic rings. The minimum Gasteiger partial charge on any atom is -0.508 e. The minimum atomic E-state index is -0.117. The van der Waals surface area contributed by atoms with Crippen LogP contribution in [0.5, 0.6) is 5.75 Å². The number of fused-ring (bicyclic) bond motifs is 1. The van der Waals surface area contributed by atoms with Crippen LogP contribution in [0.15, 0.2) is 48.5 Å². The summed E-state index contributed by atoms with van der Waals surface area (Å²) in [7, 11) is 2.22. The zero-order valence-corrected chi connectivity index (χ0v) is 15.8. The van der Waals surface area contributed by atoms with Gasteiger partial charge in [-0.2, -0.15) is 0 Å². The van der Waals surface area contributed by atoms with Crippen LogP contribution in [0.25, 0.3) is 0 Å². The first kappa shape index (κ1) is 16.8. The Morgan fingerprint density at radius 2 is 2.00 bits per heavy atom. The second-order valence-electron chi connectivity index (χ2n) is 8.54. The van der Waals surface area contributed by atoms with Gasteiger partial charge >= 0.3 is 0 Å². The maximum absolute atomic E-state index is 13.2. The molecule has 0 radical (unpaired) electrons. The number of aromatic hydroxyl groups is 1. The molecule has 2 aliphatic heterocycles. The van der Waals surface area contributed by atoms with Crippen molar-refractivity contribution < 1.29 is 9.90 Å². The third-order valence-corrected chi connectivity index (χ3v) is 7.16. The van der Waals surface area contributed by atoms with E-state index in [4.69, 9.17) is 0 Å². The van der Waals surface area contributed by atoms with E-state index in [2.05, 4.69) is 35.0 Å². The summed E-state index contributed by atoms with van der Waals surface area (Å²) >= 11 is 0. The van der Waals surface area contributed by atoms with E-state index >= 15 is 0 Å². The molecule has 2 bridgehead atoms. The first-order chi connectivity index (χ1) is 13.1. The Balaban J connectivity index is 1.53. The lowest BCUT2D eigenvalue weighted by atomic mass is 9.54. The van der Waals surface area contributed by atoms with Crippen molar-refractivity contribution >= 4 is 5.91 Å². The summed E-state index contributed by atoms with van der Waals surface area (Å²) in [5.41, 5.74) is 3.61. The van der Waals surface area contributed by atoms with Gasteiger partial charge in [-0.3, -0.25) is 4.79 Å². The summed E-state index contributed by atoms with van der Waals surface area (Å²) in [6, 6.07) is 16.5. The van der Waals surface area contributed by atoms with Crippen molar-refractivity contribution in [3.05, 3.63) is 65.2 Å². The zero-order chi connectivity index (χ0) is 18.6. The normalized spacial score (nSPS) is 30.0. The van der Waals surface area contributed by atoms with E-state index < -0.39 is 0 Å². The number of phenolic OH excluding ortho intramolecular Hbond substituents is 1. The topological polar surface area (TPSA) is 43.8 Å². The molecule has 2 saturated heterocycles. The summed E-state index contributed by atoms with van der Waals surface area (Å²) in [4.78, 5) is 17.7. The third-order valence-electron chi connectivity index (χ3n) is 7.16. The standard InChI is InChI=1S/C23H26N2O2/c1-24-10-9-23-13-22(27)25(14-16-5-3-2-4-6-16)15-20(23)21(24)11-17-7-8-18(26)12-19(17)23/h2-8,12,20-21,26H,9-11,13-15H2,1H3/t20-,21+,23+/m0/s1. The van der Waals surface area contributed by atoms with Crippen LogP contribution >= 0.6 is 0 Å². The fraction of sp³-hybridized carbons (Fsp3) is 0.435. The molecular formula is C23H26N2O2. The number of carbonyl (C=O) groups is 1. The quantitative estimate of drug-likeness (QED) is 0.893. The Morgan fingerprint density at radius 3 is 2.81 bits per heavy atom. The Kier molecular flexibility index (Phi) is 3.80. The molecule has 1 N–H and O–H groups in total. The molecule has 140 valence electrons. The van der Waals surface area contributed by atoms with Gasteiger partial charge < -0.3 is 14.9 Å². The highest BCUT2D eigenvalue weighted by Crippen LogP contribution is 2.53. The molecule has 0 spiro atoms. The van der Waals surface area contributed by atoms with Crippen LogP contribution in [0.4, 0.5) is 0 Å². The van der Waals surface area contributed by atoms with E-state index in [1.165, 1.54) is 16.7 Å². The number of carbonyl (C=O) groups excluding carboxylic acids is 1. The maximum atomic E-state index is 13.2. The molecular weight excluding hydrogens is 336 g/mol. The Morgan fingerprint density at radius 1 is 1.19 bits per heavy atom. The SMILES string of the molecule is CN1CC[C@]23CC(=O)N(Cc4ccccc4)C[C@H]2[C@H]1Cc1ccc(O)cc13. The van der Waals surface area contributed by atoms with Crippen molar-refractivity contribution in [2.24, 2.45) is 5.92 Å². The van der Waals surface area contributed by atoms with Crippen molar-refractivity contribution in [3.63, 3.8) is 0 Å². The molecule has 2 aromatic carbocycles. The molecule has 0 saturated carbocycles. The summed E-state index contributed by atoms with van der Waals surface area (Å²) < 4.78 is 0. The van der Waals surface area contributed by atoms with E-state index in [1.807, 2.05) is 24.3 Å². The van der Waals surface area contributed by atoms with Gasteiger partial charge in [0.05, 0.1) is 0 Å². The molecule has 0 aromatic heterocycles. The summed E-state index contributed by atoms with van der Waals surface area (Å²) in [6.45, 7) is 2.51. The number of hydrogen-bond donors (Lipinski definition) is 1. The monoisotopic (exact) mass is 362 g/mol. The Hall–Kier alpha value is -2.33. The molecule has 1 amide bonds. The number of piperidine rings is 2. The van der Waals surface area contributed by atoms with Crippen molar-refractivity contribution in [1.29, 1.82) is 0 Å². The molecule has 2 heterocycles. The molecule has 5 rings (SSSR count). The highest BCUT2D eigenvalue weighted by Gasteiger charge is 2.56. The average Bonchev–Trinajstić information content (AvgIpc) is 2.67. The highest BCUT2D eigenvalue weighted by atomic mass is 16.3. The van der Waals surface area contributed by atoms with Crippen LogP contribution in [0, 0.1) is 5.92 Å². The lowest BCUT2D eigenvalue weighted by Crippen LogP contribution is -2.65. The predicted molar refractivity (Wildman–Crippen MR) is 104 cm³/mol. The lowest BCUT2D eigenvalue weighted by molar-refractivity contribution is -0.144. The molecule has 3 aliphatic rings. The van der Waals surface area contributed by atoms with E-state index in [1.54, 1.807) is 6.07 Å². The Bertz CT molecular complexity index is 881. The number of phenols is 1. The molecule has 4 nitrogen and oxygen atoms in total. The van der Waals surface area contributed by atoms with Gasteiger partial charge in [-0.1, -0.05) is 36.4 Å². The third kappa shape index (κ3) is 2.58. The number of likely N-dealkylation sites (N-methyl/N-ethyl adjacent to an activating group) is 1. The number of nitrogens with zero attached hydrogens (tertiary/aromatic N) is 2. The molecule has 1 aliphatic carbocycles. The van der Waals surface area contributed by atoms with Crippen LogP contribution in [0.3, 0.4) is 0 Å². The van der Waals surface area contributed by atoms with Crippen LogP contribution in [-0.4, -0.2) is 47.0 Å².